The zero-order valence-electron chi connectivity index (χ0n) is 17.0. The molecule has 1 nitrogen and oxygen atoms in total. The number of nitrogens with zero attached hydrogens (tertiary/aromatic N) is 1. The van der Waals surface area contributed by atoms with E-state index in [0.29, 0.717) is 0 Å². The molecule has 0 radical (unpaired) electrons. The van der Waals surface area contributed by atoms with Crippen LogP contribution in [-0.4, -0.2) is 11.4 Å². The first-order valence-corrected chi connectivity index (χ1v) is 10.6. The molecule has 4 rings (SSSR count). The van der Waals surface area contributed by atoms with Crippen molar-refractivity contribution in [1.82, 2.24) is 4.90 Å². The Labute approximate surface area is 174 Å². The number of fused-ring (bicyclic) bond motifs is 1. The smallest absolute Gasteiger partial charge is 0.117 e. The third kappa shape index (κ3) is 4.44. The van der Waals surface area contributed by atoms with Gasteiger partial charge in [-0.25, -0.2) is 0 Å². The highest BCUT2D eigenvalue weighted by atomic mass is 15.2. The number of hydrogen-bond acceptors (Lipinski definition) is 1. The van der Waals surface area contributed by atoms with Crippen LogP contribution in [0.25, 0.3) is 11.8 Å². The van der Waals surface area contributed by atoms with Gasteiger partial charge in [-0.1, -0.05) is 104 Å². The fourth-order valence-corrected chi connectivity index (χ4v) is 3.90. The van der Waals surface area contributed by atoms with Crippen LogP contribution >= 0.6 is 0 Å². The van der Waals surface area contributed by atoms with Gasteiger partial charge in [0.2, 0.25) is 0 Å². The summed E-state index contributed by atoms with van der Waals surface area (Å²) in [5.74, 6) is 7.03. The van der Waals surface area contributed by atoms with Crippen molar-refractivity contribution in [2.45, 2.75) is 32.2 Å². The van der Waals surface area contributed by atoms with Gasteiger partial charge in [0.05, 0.1) is 0 Å². The fourth-order valence-electron chi connectivity index (χ4n) is 3.90. The molecule has 3 aromatic carbocycles. The van der Waals surface area contributed by atoms with E-state index in [2.05, 4.69) is 96.5 Å². The van der Waals surface area contributed by atoms with Crippen molar-refractivity contribution >= 4 is 11.8 Å². The molecule has 0 amide bonds. The molecule has 1 atom stereocenters. The molecular formula is C28H27N. The second kappa shape index (κ2) is 9.30. The maximum Gasteiger partial charge on any atom is 0.117 e. The number of hydrogen-bond donors (Lipinski definition) is 0. The maximum absolute atomic E-state index is 3.61. The predicted molar refractivity (Wildman–Crippen MR) is 123 cm³/mol. The zero-order chi connectivity index (χ0) is 19.9. The van der Waals surface area contributed by atoms with Gasteiger partial charge in [0.25, 0.3) is 0 Å². The number of unbranched alkanes of at least 4 members (excludes halogenated alkanes) is 2. The van der Waals surface area contributed by atoms with Gasteiger partial charge in [-0.3, -0.25) is 0 Å². The van der Waals surface area contributed by atoms with Crippen LogP contribution in [0, 0.1) is 11.8 Å². The van der Waals surface area contributed by atoms with E-state index < -0.39 is 0 Å². The first-order chi connectivity index (χ1) is 14.4. The second-order valence-electron chi connectivity index (χ2n) is 7.46. The zero-order valence-corrected chi connectivity index (χ0v) is 17.0. The SMILES string of the molecule is CCCCCN1C(c2ccccc2)=Cc2ccccc2C1C#Cc1ccccc1. The quantitative estimate of drug-likeness (QED) is 0.350. The van der Waals surface area contributed by atoms with E-state index in [1.165, 1.54) is 41.6 Å². The summed E-state index contributed by atoms with van der Waals surface area (Å²) in [5, 5.41) is 0. The van der Waals surface area contributed by atoms with Crippen LogP contribution < -0.4 is 0 Å². The summed E-state index contributed by atoms with van der Waals surface area (Å²) in [6.07, 6.45) is 5.96. The van der Waals surface area contributed by atoms with Crippen LogP contribution in [0.5, 0.6) is 0 Å². The van der Waals surface area contributed by atoms with Gasteiger partial charge in [0.15, 0.2) is 0 Å². The molecule has 1 heterocycles. The lowest BCUT2D eigenvalue weighted by molar-refractivity contribution is 0.341. The normalized spacial score (nSPS) is 15.1. The highest BCUT2D eigenvalue weighted by Crippen LogP contribution is 2.38. The van der Waals surface area contributed by atoms with E-state index in [-0.39, 0.29) is 6.04 Å². The van der Waals surface area contributed by atoms with Crippen molar-refractivity contribution in [3.05, 3.63) is 107 Å². The van der Waals surface area contributed by atoms with E-state index in [4.69, 9.17) is 0 Å². The van der Waals surface area contributed by atoms with Crippen LogP contribution in [-0.2, 0) is 0 Å². The van der Waals surface area contributed by atoms with Crippen LogP contribution in [0.2, 0.25) is 0 Å². The summed E-state index contributed by atoms with van der Waals surface area (Å²) >= 11 is 0. The van der Waals surface area contributed by atoms with Crippen LogP contribution in [0.3, 0.4) is 0 Å². The lowest BCUT2D eigenvalue weighted by Gasteiger charge is -2.37. The molecule has 3 aromatic rings. The van der Waals surface area contributed by atoms with Crippen molar-refractivity contribution in [3.8, 4) is 11.8 Å². The van der Waals surface area contributed by atoms with Crippen molar-refractivity contribution in [3.63, 3.8) is 0 Å². The van der Waals surface area contributed by atoms with Gasteiger partial charge in [-0.15, -0.1) is 0 Å². The average molecular weight is 378 g/mol. The molecule has 0 bridgehead atoms. The Hall–Kier alpha value is -3.24. The molecule has 29 heavy (non-hydrogen) atoms. The molecule has 1 heteroatoms. The molecule has 144 valence electrons. The largest absolute Gasteiger partial charge is 0.353 e. The van der Waals surface area contributed by atoms with E-state index in [0.717, 1.165) is 12.1 Å². The third-order valence-corrected chi connectivity index (χ3v) is 5.40. The first kappa shape index (κ1) is 19.1. The van der Waals surface area contributed by atoms with Gasteiger partial charge < -0.3 is 4.90 Å². The molecule has 0 saturated carbocycles. The predicted octanol–water partition coefficient (Wildman–Crippen LogP) is 6.78. The molecule has 0 fully saturated rings. The highest BCUT2D eigenvalue weighted by Gasteiger charge is 2.27. The topological polar surface area (TPSA) is 3.24 Å². The lowest BCUT2D eigenvalue weighted by Crippen LogP contribution is -2.30. The Balaban J connectivity index is 1.79. The maximum atomic E-state index is 3.61. The summed E-state index contributed by atoms with van der Waals surface area (Å²) < 4.78 is 0. The monoisotopic (exact) mass is 377 g/mol. The molecule has 0 aliphatic carbocycles. The third-order valence-electron chi connectivity index (χ3n) is 5.40. The van der Waals surface area contributed by atoms with Crippen LogP contribution in [0.4, 0.5) is 0 Å². The molecule has 0 spiro atoms. The second-order valence-corrected chi connectivity index (χ2v) is 7.46. The standard InChI is InChI=1S/C28H27N/c1-2-3-12-21-29-27(20-19-23-13-6-4-7-14-23)26-18-11-10-17-25(26)22-28(29)24-15-8-5-9-16-24/h4-11,13-18,22,27H,2-3,12,21H2,1H3. The van der Waals surface area contributed by atoms with Gasteiger partial charge in [0.1, 0.15) is 6.04 Å². The Kier molecular flexibility index (Phi) is 6.13. The molecule has 1 unspecified atom stereocenters. The van der Waals surface area contributed by atoms with Crippen molar-refractivity contribution in [2.75, 3.05) is 6.54 Å². The molecule has 0 saturated heterocycles. The summed E-state index contributed by atoms with van der Waals surface area (Å²) in [4.78, 5) is 2.50. The van der Waals surface area contributed by atoms with E-state index >= 15 is 0 Å². The molecule has 0 aromatic heterocycles. The summed E-state index contributed by atoms with van der Waals surface area (Å²) in [7, 11) is 0. The minimum Gasteiger partial charge on any atom is -0.353 e. The Morgan fingerprint density at radius 3 is 2.24 bits per heavy atom. The van der Waals surface area contributed by atoms with E-state index in [1.54, 1.807) is 0 Å². The Morgan fingerprint density at radius 1 is 0.793 bits per heavy atom. The molecule has 0 N–H and O–H groups in total. The van der Waals surface area contributed by atoms with Crippen molar-refractivity contribution in [2.24, 2.45) is 0 Å². The van der Waals surface area contributed by atoms with Crippen molar-refractivity contribution < 1.29 is 0 Å². The summed E-state index contributed by atoms with van der Waals surface area (Å²) in [5.41, 5.74) is 6.16. The Morgan fingerprint density at radius 2 is 1.48 bits per heavy atom. The van der Waals surface area contributed by atoms with E-state index in [9.17, 15) is 0 Å². The minimum atomic E-state index is 0.0588. The summed E-state index contributed by atoms with van der Waals surface area (Å²) in [6, 6.07) is 29.7. The van der Waals surface area contributed by atoms with E-state index in [1.807, 2.05) is 18.2 Å². The number of benzene rings is 3. The fraction of sp³-hybridized carbons (Fsp3) is 0.214. The lowest BCUT2D eigenvalue weighted by atomic mass is 9.91. The van der Waals surface area contributed by atoms with Crippen LogP contribution in [0.15, 0.2) is 84.9 Å². The Bertz CT molecular complexity index is 1020. The van der Waals surface area contributed by atoms with Gasteiger partial charge >= 0.3 is 0 Å². The van der Waals surface area contributed by atoms with Crippen LogP contribution in [0.1, 0.15) is 54.5 Å². The summed E-state index contributed by atoms with van der Waals surface area (Å²) in [6.45, 7) is 3.27. The highest BCUT2D eigenvalue weighted by molar-refractivity contribution is 5.84. The molecular weight excluding hydrogens is 350 g/mol. The number of rotatable bonds is 5. The van der Waals surface area contributed by atoms with Gasteiger partial charge in [0, 0.05) is 17.8 Å². The molecule has 1 aliphatic rings. The molecule has 1 aliphatic heterocycles. The minimum absolute atomic E-state index is 0.0588. The average Bonchev–Trinajstić information content (AvgIpc) is 2.79. The van der Waals surface area contributed by atoms with Crippen molar-refractivity contribution in [1.29, 1.82) is 0 Å². The van der Waals surface area contributed by atoms with Gasteiger partial charge in [-0.05, 0) is 41.3 Å². The first-order valence-electron chi connectivity index (χ1n) is 10.6. The van der Waals surface area contributed by atoms with Gasteiger partial charge in [-0.2, -0.15) is 0 Å².